The van der Waals surface area contributed by atoms with Crippen molar-refractivity contribution in [1.82, 2.24) is 5.32 Å². The number of nitrogens with one attached hydrogen (secondary N) is 1. The lowest BCUT2D eigenvalue weighted by atomic mass is 10.1. The van der Waals surface area contributed by atoms with Crippen LogP contribution < -0.4 is 5.32 Å². The Balaban J connectivity index is 1.85. The Morgan fingerprint density at radius 3 is 2.43 bits per heavy atom. The topological polar surface area (TPSA) is 66.4 Å². The molecule has 0 atom stereocenters. The Kier molecular flexibility index (Phi) is 6.28. The number of aliphatic carboxylic acids is 1. The number of thiophene rings is 1. The molecule has 0 spiro atoms. The molecule has 0 fully saturated rings. The molecule has 0 unspecified atom stereocenters. The van der Waals surface area contributed by atoms with Crippen LogP contribution in [0.3, 0.4) is 0 Å². The lowest BCUT2D eigenvalue weighted by Gasteiger charge is -2.09. The largest absolute Gasteiger partial charge is 0.477 e. The number of carbonyl (C=O) groups is 2. The highest BCUT2D eigenvalue weighted by molar-refractivity contribution is 7.16. The van der Waals surface area contributed by atoms with Crippen LogP contribution in [0.1, 0.15) is 20.8 Å². The van der Waals surface area contributed by atoms with Gasteiger partial charge in [-0.2, -0.15) is 13.2 Å². The van der Waals surface area contributed by atoms with Crippen LogP contribution in [0.5, 0.6) is 0 Å². The molecule has 3 aromatic rings. The zero-order chi connectivity index (χ0) is 21.9. The maximum Gasteiger partial charge on any atom is 0.416 e. The molecular weight excluding hydrogens is 439 g/mol. The highest BCUT2D eigenvalue weighted by Gasteiger charge is 2.31. The normalized spacial score (nSPS) is 11.9. The van der Waals surface area contributed by atoms with Gasteiger partial charge in [0.2, 0.25) is 0 Å². The van der Waals surface area contributed by atoms with Crippen LogP contribution in [0.25, 0.3) is 16.5 Å². The van der Waals surface area contributed by atoms with Gasteiger partial charge in [-0.3, -0.25) is 4.79 Å². The molecule has 9 heteroatoms. The molecule has 0 bridgehead atoms. The third kappa shape index (κ3) is 5.08. The van der Waals surface area contributed by atoms with E-state index in [9.17, 15) is 27.9 Å². The molecule has 0 saturated heterocycles. The third-order valence-electron chi connectivity index (χ3n) is 3.98. The average molecular weight is 452 g/mol. The Morgan fingerprint density at radius 1 is 1.03 bits per heavy atom. The van der Waals surface area contributed by atoms with Gasteiger partial charge in [0.25, 0.3) is 5.91 Å². The number of rotatable bonds is 5. The first-order valence-electron chi connectivity index (χ1n) is 8.43. The SMILES string of the molecule is O=C(O)/C(=C\c1ccc(-c2ccccc2Cl)s1)NC(=O)c1cccc(C(F)(F)F)c1. The molecule has 2 aromatic carbocycles. The fraction of sp³-hybridized carbons (Fsp3) is 0.0476. The lowest BCUT2D eigenvalue weighted by molar-refractivity contribution is -0.137. The Morgan fingerprint density at radius 2 is 1.77 bits per heavy atom. The zero-order valence-corrected chi connectivity index (χ0v) is 16.6. The van der Waals surface area contributed by atoms with E-state index < -0.39 is 29.3 Å². The summed E-state index contributed by atoms with van der Waals surface area (Å²) in [7, 11) is 0. The number of halogens is 4. The summed E-state index contributed by atoms with van der Waals surface area (Å²) in [5.74, 6) is -2.39. The summed E-state index contributed by atoms with van der Waals surface area (Å²) >= 11 is 7.42. The Labute approximate surface area is 178 Å². The van der Waals surface area contributed by atoms with Crippen LogP contribution in [0.2, 0.25) is 5.02 Å². The second kappa shape index (κ2) is 8.73. The van der Waals surface area contributed by atoms with E-state index in [1.54, 1.807) is 24.3 Å². The van der Waals surface area contributed by atoms with Crippen molar-refractivity contribution in [3.05, 3.63) is 87.4 Å². The fourth-order valence-electron chi connectivity index (χ4n) is 2.56. The third-order valence-corrected chi connectivity index (χ3v) is 5.38. The first-order chi connectivity index (χ1) is 14.1. The highest BCUT2D eigenvalue weighted by atomic mass is 35.5. The summed E-state index contributed by atoms with van der Waals surface area (Å²) in [5, 5.41) is 12.1. The number of benzene rings is 2. The molecule has 4 nitrogen and oxygen atoms in total. The number of hydrogen-bond donors (Lipinski definition) is 2. The summed E-state index contributed by atoms with van der Waals surface area (Å²) in [4.78, 5) is 25.2. The molecule has 0 aliphatic heterocycles. The van der Waals surface area contributed by atoms with E-state index >= 15 is 0 Å². The molecule has 1 heterocycles. The molecule has 0 saturated carbocycles. The standard InChI is InChI=1S/C21H13ClF3NO3S/c22-16-7-2-1-6-15(16)18-9-8-14(30-18)11-17(20(28)29)26-19(27)12-4-3-5-13(10-12)21(23,24)25/h1-11H,(H,26,27)(H,28,29)/b17-11+. The number of hydrogen-bond acceptors (Lipinski definition) is 3. The quantitative estimate of drug-likeness (QED) is 0.471. The molecule has 154 valence electrons. The van der Waals surface area contributed by atoms with Gasteiger partial charge in [0.05, 0.1) is 5.56 Å². The fourth-order valence-corrected chi connectivity index (χ4v) is 3.85. The summed E-state index contributed by atoms with van der Waals surface area (Å²) in [5.41, 5.74) is -1.00. The van der Waals surface area contributed by atoms with Crippen molar-refractivity contribution < 1.29 is 27.9 Å². The minimum Gasteiger partial charge on any atom is -0.477 e. The maximum atomic E-state index is 12.8. The van der Waals surface area contributed by atoms with Gasteiger partial charge < -0.3 is 10.4 Å². The van der Waals surface area contributed by atoms with Crippen molar-refractivity contribution >= 4 is 40.9 Å². The van der Waals surface area contributed by atoms with Crippen molar-refractivity contribution in [2.24, 2.45) is 0 Å². The van der Waals surface area contributed by atoms with Crippen LogP contribution in [-0.4, -0.2) is 17.0 Å². The number of carboxylic acid groups (broad SMARTS) is 1. The van der Waals surface area contributed by atoms with E-state index in [1.165, 1.54) is 23.5 Å². The van der Waals surface area contributed by atoms with Crippen LogP contribution in [0.15, 0.2) is 66.4 Å². The zero-order valence-electron chi connectivity index (χ0n) is 15.0. The average Bonchev–Trinajstić information content (AvgIpc) is 3.15. The van der Waals surface area contributed by atoms with Gasteiger partial charge in [0, 0.05) is 25.9 Å². The van der Waals surface area contributed by atoms with Crippen molar-refractivity contribution in [3.8, 4) is 10.4 Å². The molecule has 1 aromatic heterocycles. The number of amides is 1. The second-order valence-electron chi connectivity index (χ2n) is 6.08. The Bertz CT molecular complexity index is 1140. The van der Waals surface area contributed by atoms with E-state index in [0.29, 0.717) is 16.0 Å². The van der Waals surface area contributed by atoms with Crippen LogP contribution in [0, 0.1) is 0 Å². The van der Waals surface area contributed by atoms with Crippen LogP contribution in [0.4, 0.5) is 13.2 Å². The number of carboxylic acids is 1. The molecule has 2 N–H and O–H groups in total. The molecule has 1 amide bonds. The first kappa shape index (κ1) is 21.6. The predicted octanol–water partition coefficient (Wildman–Crippen LogP) is 5.94. The van der Waals surface area contributed by atoms with E-state index in [4.69, 9.17) is 11.6 Å². The van der Waals surface area contributed by atoms with Gasteiger partial charge in [-0.15, -0.1) is 11.3 Å². The minimum atomic E-state index is -4.62. The molecule has 30 heavy (non-hydrogen) atoms. The second-order valence-corrected chi connectivity index (χ2v) is 7.60. The van der Waals surface area contributed by atoms with Gasteiger partial charge in [0.1, 0.15) is 5.70 Å². The van der Waals surface area contributed by atoms with Gasteiger partial charge in [0.15, 0.2) is 0 Å². The van der Waals surface area contributed by atoms with Crippen molar-refractivity contribution in [2.75, 3.05) is 0 Å². The minimum absolute atomic E-state index is 0.306. The molecule has 0 aliphatic carbocycles. The van der Waals surface area contributed by atoms with E-state index in [-0.39, 0.29) is 5.56 Å². The first-order valence-corrected chi connectivity index (χ1v) is 9.63. The smallest absolute Gasteiger partial charge is 0.416 e. The summed E-state index contributed by atoms with van der Waals surface area (Å²) in [6.07, 6.45) is -3.38. The summed E-state index contributed by atoms with van der Waals surface area (Å²) in [6.45, 7) is 0. The van der Waals surface area contributed by atoms with E-state index in [0.717, 1.165) is 22.6 Å². The van der Waals surface area contributed by atoms with Gasteiger partial charge in [-0.05, 0) is 42.5 Å². The molecule has 0 aliphatic rings. The molecule has 3 rings (SSSR count). The Hall–Kier alpha value is -3.10. The lowest BCUT2D eigenvalue weighted by Crippen LogP contribution is -2.27. The summed E-state index contributed by atoms with van der Waals surface area (Å²) < 4.78 is 38.5. The number of alkyl halides is 3. The van der Waals surface area contributed by atoms with E-state index in [1.807, 2.05) is 12.1 Å². The number of carbonyl (C=O) groups excluding carboxylic acids is 1. The van der Waals surface area contributed by atoms with Gasteiger partial charge in [-0.1, -0.05) is 35.9 Å². The predicted molar refractivity (Wildman–Crippen MR) is 109 cm³/mol. The van der Waals surface area contributed by atoms with Crippen LogP contribution in [-0.2, 0) is 11.0 Å². The highest BCUT2D eigenvalue weighted by Crippen LogP contribution is 2.34. The molecule has 0 radical (unpaired) electrons. The molecular formula is C21H13ClF3NO3S. The van der Waals surface area contributed by atoms with E-state index in [2.05, 4.69) is 5.32 Å². The van der Waals surface area contributed by atoms with Crippen molar-refractivity contribution in [3.63, 3.8) is 0 Å². The van der Waals surface area contributed by atoms with Gasteiger partial charge >= 0.3 is 12.1 Å². The monoisotopic (exact) mass is 451 g/mol. The summed E-state index contributed by atoms with van der Waals surface area (Å²) in [6, 6.07) is 14.3. The van der Waals surface area contributed by atoms with Crippen molar-refractivity contribution in [2.45, 2.75) is 6.18 Å². The van der Waals surface area contributed by atoms with Gasteiger partial charge in [-0.25, -0.2) is 4.79 Å². The maximum absolute atomic E-state index is 12.8. The van der Waals surface area contributed by atoms with Crippen molar-refractivity contribution in [1.29, 1.82) is 0 Å². The van der Waals surface area contributed by atoms with Crippen LogP contribution >= 0.6 is 22.9 Å².